The molecule has 0 fully saturated rings. The smallest absolute Gasteiger partial charge is 0.413 e. The van der Waals surface area contributed by atoms with Gasteiger partial charge in [0.15, 0.2) is 11.5 Å². The molecule has 2 aromatic carbocycles. The van der Waals surface area contributed by atoms with Gasteiger partial charge in [0.1, 0.15) is 6.04 Å². The van der Waals surface area contributed by atoms with Crippen LogP contribution in [0.5, 0.6) is 11.5 Å². The van der Waals surface area contributed by atoms with E-state index in [0.717, 1.165) is 0 Å². The van der Waals surface area contributed by atoms with Crippen LogP contribution in [0.2, 0.25) is 0 Å². The number of sulfonamides is 1. The molecule has 0 aromatic heterocycles. The summed E-state index contributed by atoms with van der Waals surface area (Å²) in [5, 5.41) is 2.72. The molecule has 2 N–H and O–H groups in total. The minimum absolute atomic E-state index is 0.0228. The Hall–Kier alpha value is -3.31. The largest absolute Gasteiger partial charge is 0.490 e. The number of carbonyl (C=O) groups excluding carboxylic acids is 2. The summed E-state index contributed by atoms with van der Waals surface area (Å²) in [7, 11) is -1.18. The molecule has 3 rings (SSSR count). The molecule has 0 saturated carbocycles. The molecule has 10 nitrogen and oxygen atoms in total. The zero-order chi connectivity index (χ0) is 24.9. The summed E-state index contributed by atoms with van der Waals surface area (Å²) in [4.78, 5) is 25.9. The van der Waals surface area contributed by atoms with Crippen molar-refractivity contribution in [1.29, 1.82) is 0 Å². The zero-order valence-electron chi connectivity index (χ0n) is 19.5. The topological polar surface area (TPSA) is 123 Å². The number of anilines is 2. The number of fused-ring (bicyclic) bond motifs is 1. The lowest BCUT2D eigenvalue weighted by Gasteiger charge is -2.22. The van der Waals surface area contributed by atoms with E-state index in [2.05, 4.69) is 14.8 Å². The normalized spacial score (nSPS) is 14.1. The SMILES string of the molecule is COC(=O)N(C)c1ccc(NC(=O)C(NS(=O)(=O)c2ccc3c(c2)OCCCO3)C(C)C)cc1. The summed E-state index contributed by atoms with van der Waals surface area (Å²) >= 11 is 0. The number of hydrogen-bond acceptors (Lipinski definition) is 7. The predicted molar refractivity (Wildman–Crippen MR) is 127 cm³/mol. The third kappa shape index (κ3) is 5.97. The molecule has 0 radical (unpaired) electrons. The summed E-state index contributed by atoms with van der Waals surface area (Å²) in [6.45, 7) is 4.41. The molecule has 0 saturated heterocycles. The number of methoxy groups -OCH3 is 1. The van der Waals surface area contributed by atoms with Crippen molar-refractivity contribution >= 4 is 33.4 Å². The van der Waals surface area contributed by atoms with E-state index in [9.17, 15) is 18.0 Å². The Bertz CT molecular complexity index is 1130. The lowest BCUT2D eigenvalue weighted by atomic mass is 10.0. The minimum Gasteiger partial charge on any atom is -0.490 e. The summed E-state index contributed by atoms with van der Waals surface area (Å²) in [5.74, 6) is -0.0132. The molecule has 1 unspecified atom stereocenters. The van der Waals surface area contributed by atoms with E-state index in [1.165, 1.54) is 24.1 Å². The van der Waals surface area contributed by atoms with Gasteiger partial charge in [0.2, 0.25) is 15.9 Å². The van der Waals surface area contributed by atoms with Crippen molar-refractivity contribution in [2.24, 2.45) is 5.92 Å². The second-order valence-electron chi connectivity index (χ2n) is 8.07. The number of rotatable bonds is 7. The molecule has 1 aliphatic rings. The number of amides is 2. The van der Waals surface area contributed by atoms with Crippen LogP contribution in [-0.4, -0.2) is 53.8 Å². The van der Waals surface area contributed by atoms with Crippen LogP contribution in [0.1, 0.15) is 20.3 Å². The summed E-state index contributed by atoms with van der Waals surface area (Å²) in [6, 6.07) is 9.84. The van der Waals surface area contributed by atoms with Gasteiger partial charge in [0.05, 0.1) is 25.2 Å². The Morgan fingerprint density at radius 1 is 1.03 bits per heavy atom. The van der Waals surface area contributed by atoms with Crippen molar-refractivity contribution < 1.29 is 32.2 Å². The first-order valence-corrected chi connectivity index (χ1v) is 12.3. The maximum atomic E-state index is 13.1. The predicted octanol–water partition coefficient (Wildman–Crippen LogP) is 2.99. The van der Waals surface area contributed by atoms with Gasteiger partial charge < -0.3 is 19.5 Å². The Labute approximate surface area is 199 Å². The number of hydrogen-bond donors (Lipinski definition) is 2. The maximum absolute atomic E-state index is 13.1. The average molecular weight is 492 g/mol. The fourth-order valence-corrected chi connectivity index (χ4v) is 4.63. The molecule has 34 heavy (non-hydrogen) atoms. The second-order valence-corrected chi connectivity index (χ2v) is 9.78. The van der Waals surface area contributed by atoms with Crippen LogP contribution in [0, 0.1) is 5.92 Å². The van der Waals surface area contributed by atoms with Gasteiger partial charge in [0.25, 0.3) is 0 Å². The Balaban J connectivity index is 1.74. The van der Waals surface area contributed by atoms with Crippen molar-refractivity contribution in [2.45, 2.75) is 31.2 Å². The fraction of sp³-hybridized carbons (Fsp3) is 0.391. The monoisotopic (exact) mass is 491 g/mol. The second kappa shape index (κ2) is 10.7. The number of ether oxygens (including phenoxy) is 3. The van der Waals surface area contributed by atoms with Crippen LogP contribution in [-0.2, 0) is 19.6 Å². The van der Waals surface area contributed by atoms with Crippen molar-refractivity contribution in [2.75, 3.05) is 37.6 Å². The molecule has 1 heterocycles. The van der Waals surface area contributed by atoms with Gasteiger partial charge in [-0.1, -0.05) is 13.8 Å². The summed E-state index contributed by atoms with van der Waals surface area (Å²) in [5.41, 5.74) is 1.02. The lowest BCUT2D eigenvalue weighted by Crippen LogP contribution is -2.47. The number of nitrogens with zero attached hydrogens (tertiary/aromatic N) is 1. The summed E-state index contributed by atoms with van der Waals surface area (Å²) in [6.07, 6.45) is 0.172. The molecule has 1 aliphatic heterocycles. The molecule has 0 aliphatic carbocycles. The van der Waals surface area contributed by atoms with Crippen molar-refractivity contribution in [3.8, 4) is 11.5 Å². The highest BCUT2D eigenvalue weighted by Crippen LogP contribution is 2.32. The molecule has 0 bridgehead atoms. The van der Waals surface area contributed by atoms with E-state index in [1.807, 2.05) is 0 Å². The van der Waals surface area contributed by atoms with E-state index >= 15 is 0 Å². The fourth-order valence-electron chi connectivity index (χ4n) is 3.27. The number of benzene rings is 2. The Morgan fingerprint density at radius 3 is 2.29 bits per heavy atom. The summed E-state index contributed by atoms with van der Waals surface area (Å²) < 4.78 is 44.4. The van der Waals surface area contributed by atoms with Crippen LogP contribution in [0.25, 0.3) is 0 Å². The van der Waals surface area contributed by atoms with Gasteiger partial charge in [-0.3, -0.25) is 9.69 Å². The molecular weight excluding hydrogens is 462 g/mol. The first kappa shape index (κ1) is 25.3. The van der Waals surface area contributed by atoms with E-state index < -0.39 is 28.1 Å². The van der Waals surface area contributed by atoms with Crippen LogP contribution in [0.3, 0.4) is 0 Å². The van der Waals surface area contributed by atoms with E-state index in [0.29, 0.717) is 42.5 Å². The van der Waals surface area contributed by atoms with Gasteiger partial charge >= 0.3 is 6.09 Å². The molecular formula is C23H29N3O7S. The third-order valence-corrected chi connectivity index (χ3v) is 6.67. The molecule has 11 heteroatoms. The standard InChI is InChI=1S/C23H29N3O7S/c1-15(2)21(22(27)24-16-6-8-17(9-7-16)26(3)23(28)31-4)25-34(29,30)18-10-11-19-20(14-18)33-13-5-12-32-19/h6-11,14-15,21,25H,5,12-13H2,1-4H3,(H,24,27). The highest BCUT2D eigenvalue weighted by atomic mass is 32.2. The molecule has 2 aromatic rings. The van der Waals surface area contributed by atoms with E-state index in [4.69, 9.17) is 9.47 Å². The molecule has 184 valence electrons. The van der Waals surface area contributed by atoms with Gasteiger partial charge in [0, 0.05) is 30.9 Å². The first-order chi connectivity index (χ1) is 16.1. The van der Waals surface area contributed by atoms with Crippen molar-refractivity contribution in [3.63, 3.8) is 0 Å². The zero-order valence-corrected chi connectivity index (χ0v) is 20.3. The third-order valence-electron chi connectivity index (χ3n) is 5.23. The van der Waals surface area contributed by atoms with Gasteiger partial charge in [-0.25, -0.2) is 13.2 Å². The van der Waals surface area contributed by atoms with Gasteiger partial charge in [-0.15, -0.1) is 0 Å². The Morgan fingerprint density at radius 2 is 1.68 bits per heavy atom. The van der Waals surface area contributed by atoms with Gasteiger partial charge in [-0.2, -0.15) is 4.72 Å². The average Bonchev–Trinajstić information content (AvgIpc) is 3.06. The van der Waals surface area contributed by atoms with Crippen molar-refractivity contribution in [3.05, 3.63) is 42.5 Å². The number of nitrogens with one attached hydrogen (secondary N) is 2. The highest BCUT2D eigenvalue weighted by molar-refractivity contribution is 7.89. The maximum Gasteiger partial charge on any atom is 0.413 e. The molecule has 2 amide bonds. The first-order valence-electron chi connectivity index (χ1n) is 10.8. The number of carbonyl (C=O) groups is 2. The van der Waals surface area contributed by atoms with Crippen molar-refractivity contribution in [1.82, 2.24) is 4.72 Å². The van der Waals surface area contributed by atoms with Crippen LogP contribution >= 0.6 is 0 Å². The van der Waals surface area contributed by atoms with Crippen LogP contribution < -0.4 is 24.4 Å². The minimum atomic E-state index is -4.02. The van der Waals surface area contributed by atoms with Crippen LogP contribution in [0.4, 0.5) is 16.2 Å². The van der Waals surface area contributed by atoms with E-state index in [1.54, 1.807) is 51.2 Å². The lowest BCUT2D eigenvalue weighted by molar-refractivity contribution is -0.118. The highest BCUT2D eigenvalue weighted by Gasteiger charge is 2.29. The quantitative estimate of drug-likeness (QED) is 0.610. The molecule has 0 spiro atoms. The van der Waals surface area contributed by atoms with E-state index in [-0.39, 0.29) is 10.8 Å². The van der Waals surface area contributed by atoms with Gasteiger partial charge in [-0.05, 0) is 42.3 Å². The van der Waals surface area contributed by atoms with Crippen LogP contribution in [0.15, 0.2) is 47.4 Å². The Kier molecular flexibility index (Phi) is 8.00. The molecule has 1 atom stereocenters.